The molecule has 0 spiro atoms. The Labute approximate surface area is 74.0 Å². The van der Waals surface area contributed by atoms with Crippen LogP contribution in [0.5, 0.6) is 0 Å². The SMILES string of the molecule is CC(C)NC(O)(CO)NC(C)C. The maximum absolute atomic E-state index is 9.69. The van der Waals surface area contributed by atoms with E-state index < -0.39 is 5.85 Å². The first-order chi connectivity index (χ1) is 5.39. The van der Waals surface area contributed by atoms with Gasteiger partial charge in [-0.3, -0.25) is 10.6 Å². The summed E-state index contributed by atoms with van der Waals surface area (Å²) in [7, 11) is 0. The Kier molecular flexibility index (Phi) is 4.70. The molecule has 0 atom stereocenters. The molecule has 0 saturated heterocycles. The predicted molar refractivity (Wildman–Crippen MR) is 48.6 cm³/mol. The Balaban J connectivity index is 4.04. The fourth-order valence-corrected chi connectivity index (χ4v) is 1.09. The molecule has 0 heterocycles. The minimum atomic E-state index is -1.36. The topological polar surface area (TPSA) is 64.5 Å². The molecule has 0 aromatic heterocycles. The molecule has 4 N–H and O–H groups in total. The molecule has 0 saturated carbocycles. The lowest BCUT2D eigenvalue weighted by atomic mass is 10.3. The Morgan fingerprint density at radius 3 is 1.58 bits per heavy atom. The van der Waals surface area contributed by atoms with Gasteiger partial charge in [0, 0.05) is 12.1 Å². The van der Waals surface area contributed by atoms with E-state index >= 15 is 0 Å². The van der Waals surface area contributed by atoms with E-state index in [9.17, 15) is 5.11 Å². The molecule has 0 bridgehead atoms. The number of hydrogen-bond donors (Lipinski definition) is 4. The molecule has 4 nitrogen and oxygen atoms in total. The van der Waals surface area contributed by atoms with Crippen LogP contribution in [0.3, 0.4) is 0 Å². The first-order valence-corrected chi connectivity index (χ1v) is 4.28. The molecule has 0 amide bonds. The van der Waals surface area contributed by atoms with Crippen LogP contribution in [-0.4, -0.2) is 34.8 Å². The molecule has 0 aliphatic heterocycles. The summed E-state index contributed by atoms with van der Waals surface area (Å²) in [6.07, 6.45) is 0. The van der Waals surface area contributed by atoms with Crippen LogP contribution in [-0.2, 0) is 0 Å². The second-order valence-corrected chi connectivity index (χ2v) is 3.62. The van der Waals surface area contributed by atoms with Crippen LogP contribution in [0, 0.1) is 0 Å². The second kappa shape index (κ2) is 4.77. The molecule has 0 aliphatic rings. The lowest BCUT2D eigenvalue weighted by molar-refractivity contribution is -0.0814. The summed E-state index contributed by atoms with van der Waals surface area (Å²) in [4.78, 5) is 0. The molecular formula is C8H20N2O2. The summed E-state index contributed by atoms with van der Waals surface area (Å²) >= 11 is 0. The smallest absolute Gasteiger partial charge is 0.196 e. The van der Waals surface area contributed by atoms with Gasteiger partial charge in [-0.05, 0) is 27.7 Å². The summed E-state index contributed by atoms with van der Waals surface area (Å²) < 4.78 is 0. The van der Waals surface area contributed by atoms with Crippen LogP contribution in [0.2, 0.25) is 0 Å². The van der Waals surface area contributed by atoms with Crippen molar-refractivity contribution in [2.45, 2.75) is 45.6 Å². The molecule has 0 unspecified atom stereocenters. The lowest BCUT2D eigenvalue weighted by Crippen LogP contribution is -2.63. The Morgan fingerprint density at radius 2 is 1.42 bits per heavy atom. The highest BCUT2D eigenvalue weighted by atomic mass is 16.4. The summed E-state index contributed by atoms with van der Waals surface area (Å²) in [5.74, 6) is -1.36. The molecule has 0 radical (unpaired) electrons. The van der Waals surface area contributed by atoms with Gasteiger partial charge in [-0.1, -0.05) is 0 Å². The number of hydrogen-bond acceptors (Lipinski definition) is 4. The lowest BCUT2D eigenvalue weighted by Gasteiger charge is -2.32. The fraction of sp³-hybridized carbons (Fsp3) is 1.00. The molecule has 12 heavy (non-hydrogen) atoms. The summed E-state index contributed by atoms with van der Waals surface area (Å²) in [5.41, 5.74) is 0. The quantitative estimate of drug-likeness (QED) is 0.431. The molecule has 4 heteroatoms. The average molecular weight is 176 g/mol. The van der Waals surface area contributed by atoms with E-state index in [0.29, 0.717) is 0 Å². The molecule has 0 aliphatic carbocycles. The fourth-order valence-electron chi connectivity index (χ4n) is 1.09. The Hall–Kier alpha value is -0.160. The van der Waals surface area contributed by atoms with E-state index in [1.54, 1.807) is 0 Å². The summed E-state index contributed by atoms with van der Waals surface area (Å²) in [5, 5.41) is 24.3. The van der Waals surface area contributed by atoms with E-state index in [2.05, 4.69) is 10.6 Å². The van der Waals surface area contributed by atoms with Crippen molar-refractivity contribution in [2.24, 2.45) is 0 Å². The van der Waals surface area contributed by atoms with Gasteiger partial charge in [-0.25, -0.2) is 0 Å². The van der Waals surface area contributed by atoms with Crippen LogP contribution < -0.4 is 10.6 Å². The molecule has 0 fully saturated rings. The second-order valence-electron chi connectivity index (χ2n) is 3.62. The van der Waals surface area contributed by atoms with Gasteiger partial charge in [0.2, 0.25) is 0 Å². The summed E-state index contributed by atoms with van der Waals surface area (Å²) in [6, 6.07) is 0.238. The highest BCUT2D eigenvalue weighted by Crippen LogP contribution is 1.97. The molecule has 0 aromatic carbocycles. The average Bonchev–Trinajstić information content (AvgIpc) is 1.83. The van der Waals surface area contributed by atoms with Crippen molar-refractivity contribution in [3.8, 4) is 0 Å². The van der Waals surface area contributed by atoms with E-state index in [1.165, 1.54) is 0 Å². The zero-order valence-electron chi connectivity index (χ0n) is 8.26. The maximum Gasteiger partial charge on any atom is 0.196 e. The third kappa shape index (κ3) is 4.66. The van der Waals surface area contributed by atoms with Gasteiger partial charge in [-0.2, -0.15) is 0 Å². The predicted octanol–water partition coefficient (Wildman–Crippen LogP) is -0.379. The minimum Gasteiger partial charge on any atom is -0.390 e. The van der Waals surface area contributed by atoms with E-state index in [0.717, 1.165) is 0 Å². The number of aliphatic hydroxyl groups is 2. The van der Waals surface area contributed by atoms with Crippen molar-refractivity contribution < 1.29 is 10.2 Å². The molecule has 0 rings (SSSR count). The van der Waals surface area contributed by atoms with Gasteiger partial charge >= 0.3 is 0 Å². The minimum absolute atomic E-state index is 0.119. The van der Waals surface area contributed by atoms with Gasteiger partial charge < -0.3 is 10.2 Å². The third-order valence-electron chi connectivity index (χ3n) is 1.28. The van der Waals surface area contributed by atoms with Crippen LogP contribution >= 0.6 is 0 Å². The molecule has 74 valence electrons. The van der Waals surface area contributed by atoms with E-state index in [1.807, 2.05) is 27.7 Å². The number of rotatable bonds is 5. The van der Waals surface area contributed by atoms with Crippen molar-refractivity contribution in [1.29, 1.82) is 0 Å². The van der Waals surface area contributed by atoms with E-state index in [4.69, 9.17) is 5.11 Å². The van der Waals surface area contributed by atoms with Crippen molar-refractivity contribution in [3.05, 3.63) is 0 Å². The number of aliphatic hydroxyl groups excluding tert-OH is 1. The highest BCUT2D eigenvalue weighted by Gasteiger charge is 2.26. The van der Waals surface area contributed by atoms with Crippen LogP contribution in [0.25, 0.3) is 0 Å². The van der Waals surface area contributed by atoms with Crippen LogP contribution in [0.4, 0.5) is 0 Å². The largest absolute Gasteiger partial charge is 0.390 e. The van der Waals surface area contributed by atoms with Crippen molar-refractivity contribution >= 4 is 0 Å². The molecular weight excluding hydrogens is 156 g/mol. The molecule has 0 aromatic rings. The standard InChI is InChI=1S/C8H20N2O2/c1-6(2)9-8(12,5-11)10-7(3)4/h6-7,9-12H,5H2,1-4H3. The summed E-state index contributed by atoms with van der Waals surface area (Å²) in [6.45, 7) is 7.28. The first kappa shape index (κ1) is 11.8. The zero-order valence-corrected chi connectivity index (χ0v) is 8.26. The first-order valence-electron chi connectivity index (χ1n) is 4.28. The van der Waals surface area contributed by atoms with Gasteiger partial charge in [0.05, 0.1) is 0 Å². The van der Waals surface area contributed by atoms with Gasteiger partial charge in [0.15, 0.2) is 5.85 Å². The normalized spacial score (nSPS) is 13.0. The Bertz CT molecular complexity index is 116. The van der Waals surface area contributed by atoms with Crippen molar-refractivity contribution in [1.82, 2.24) is 10.6 Å². The Morgan fingerprint density at radius 1 is 1.08 bits per heavy atom. The van der Waals surface area contributed by atoms with Crippen molar-refractivity contribution in [2.75, 3.05) is 6.61 Å². The third-order valence-corrected chi connectivity index (χ3v) is 1.28. The highest BCUT2D eigenvalue weighted by molar-refractivity contribution is 4.75. The van der Waals surface area contributed by atoms with Crippen LogP contribution in [0.1, 0.15) is 27.7 Å². The van der Waals surface area contributed by atoms with Crippen molar-refractivity contribution in [3.63, 3.8) is 0 Å². The zero-order chi connectivity index (χ0) is 9.78. The van der Waals surface area contributed by atoms with E-state index in [-0.39, 0.29) is 18.7 Å². The van der Waals surface area contributed by atoms with Gasteiger partial charge in [0.25, 0.3) is 0 Å². The number of nitrogens with one attached hydrogen (secondary N) is 2. The van der Waals surface area contributed by atoms with Crippen LogP contribution in [0.15, 0.2) is 0 Å². The van der Waals surface area contributed by atoms with Gasteiger partial charge in [-0.15, -0.1) is 0 Å². The monoisotopic (exact) mass is 176 g/mol. The van der Waals surface area contributed by atoms with Gasteiger partial charge in [0.1, 0.15) is 6.61 Å². The maximum atomic E-state index is 9.69.